The van der Waals surface area contributed by atoms with Gasteiger partial charge in [-0.3, -0.25) is 4.79 Å². The van der Waals surface area contributed by atoms with Gasteiger partial charge in [-0.2, -0.15) is 0 Å². The van der Waals surface area contributed by atoms with E-state index < -0.39 is 5.97 Å². The van der Waals surface area contributed by atoms with Crippen LogP contribution in [0.25, 0.3) is 20.4 Å². The van der Waals surface area contributed by atoms with Gasteiger partial charge in [0.25, 0.3) is 0 Å². The molecule has 3 aromatic rings. The van der Waals surface area contributed by atoms with Gasteiger partial charge in [0.15, 0.2) is 5.58 Å². The Balaban J connectivity index is 2.32. The van der Waals surface area contributed by atoms with Crippen molar-refractivity contribution in [3.05, 3.63) is 46.3 Å². The molecule has 0 aliphatic carbocycles. The molecule has 0 spiro atoms. The van der Waals surface area contributed by atoms with Crippen LogP contribution in [0.2, 0.25) is 0 Å². The third-order valence-electron chi connectivity index (χ3n) is 2.72. The predicted molar refractivity (Wildman–Crippen MR) is 73.8 cm³/mol. The fourth-order valence-electron chi connectivity index (χ4n) is 1.91. The topological polar surface area (TPSA) is 56.5 Å². The second kappa shape index (κ2) is 4.51. The Kier molecular flexibility index (Phi) is 2.83. The number of hydrogen-bond acceptors (Lipinski definition) is 5. The third kappa shape index (κ3) is 1.92. The minimum atomic E-state index is -0.614. The van der Waals surface area contributed by atoms with Crippen LogP contribution in [0.4, 0.5) is 0 Å². The summed E-state index contributed by atoms with van der Waals surface area (Å²) in [6, 6.07) is 8.74. The van der Waals surface area contributed by atoms with Crippen molar-refractivity contribution in [1.82, 2.24) is 0 Å². The first kappa shape index (κ1) is 11.9. The Morgan fingerprint density at radius 1 is 1.37 bits per heavy atom. The van der Waals surface area contributed by atoms with Crippen LogP contribution in [0.3, 0.4) is 0 Å². The lowest BCUT2D eigenvalue weighted by molar-refractivity contribution is 0.0491. The maximum Gasteiger partial charge on any atom is 0.374 e. The van der Waals surface area contributed by atoms with Crippen molar-refractivity contribution >= 4 is 37.7 Å². The standard InChI is InChI=1S/C14H10O4S/c1-2-17-14(16)10-7-9(15)13-12(18-10)8-5-3-4-6-11(8)19-13/h3-7H,2H2,1H3. The van der Waals surface area contributed by atoms with Crippen LogP contribution >= 0.6 is 11.3 Å². The zero-order chi connectivity index (χ0) is 13.4. The van der Waals surface area contributed by atoms with E-state index in [-0.39, 0.29) is 17.8 Å². The second-order valence-electron chi connectivity index (χ2n) is 3.95. The fourth-order valence-corrected chi connectivity index (χ4v) is 2.95. The van der Waals surface area contributed by atoms with Gasteiger partial charge >= 0.3 is 5.97 Å². The summed E-state index contributed by atoms with van der Waals surface area (Å²) in [5.74, 6) is -0.667. The summed E-state index contributed by atoms with van der Waals surface area (Å²) in [5, 5.41) is 0.839. The number of carbonyl (C=O) groups excluding carboxylic acids is 1. The molecule has 0 saturated heterocycles. The van der Waals surface area contributed by atoms with E-state index in [4.69, 9.17) is 9.15 Å². The Labute approximate surface area is 112 Å². The zero-order valence-corrected chi connectivity index (χ0v) is 11.0. The van der Waals surface area contributed by atoms with Crippen LogP contribution in [-0.4, -0.2) is 12.6 Å². The summed E-state index contributed by atoms with van der Waals surface area (Å²) in [4.78, 5) is 23.7. The molecule has 0 bridgehead atoms. The van der Waals surface area contributed by atoms with Crippen molar-refractivity contribution in [2.24, 2.45) is 0 Å². The number of benzene rings is 1. The lowest BCUT2D eigenvalue weighted by Crippen LogP contribution is -2.09. The van der Waals surface area contributed by atoms with Crippen molar-refractivity contribution in [3.63, 3.8) is 0 Å². The van der Waals surface area contributed by atoms with Gasteiger partial charge in [-0.1, -0.05) is 12.1 Å². The fraction of sp³-hybridized carbons (Fsp3) is 0.143. The van der Waals surface area contributed by atoms with Crippen molar-refractivity contribution in [2.45, 2.75) is 6.92 Å². The van der Waals surface area contributed by atoms with Gasteiger partial charge < -0.3 is 9.15 Å². The number of carbonyl (C=O) groups is 1. The largest absolute Gasteiger partial charge is 0.460 e. The molecule has 0 saturated carbocycles. The highest BCUT2D eigenvalue weighted by atomic mass is 32.1. The maximum absolute atomic E-state index is 12.0. The molecule has 0 amide bonds. The molecule has 2 heterocycles. The quantitative estimate of drug-likeness (QED) is 0.673. The number of fused-ring (bicyclic) bond motifs is 3. The highest BCUT2D eigenvalue weighted by Gasteiger charge is 2.16. The van der Waals surface area contributed by atoms with Gasteiger partial charge in [0.05, 0.1) is 6.61 Å². The van der Waals surface area contributed by atoms with E-state index in [1.165, 1.54) is 17.4 Å². The molecule has 0 atom stereocenters. The molecule has 0 fully saturated rings. The van der Waals surface area contributed by atoms with Gasteiger partial charge in [0, 0.05) is 16.2 Å². The summed E-state index contributed by atoms with van der Waals surface area (Å²) in [6.07, 6.45) is 0. The lowest BCUT2D eigenvalue weighted by atomic mass is 10.2. The number of esters is 1. The van der Waals surface area contributed by atoms with Gasteiger partial charge in [-0.25, -0.2) is 4.79 Å². The summed E-state index contributed by atoms with van der Waals surface area (Å²) in [6.45, 7) is 1.94. The van der Waals surface area contributed by atoms with Gasteiger partial charge in [0.1, 0.15) is 4.70 Å². The normalized spacial score (nSPS) is 11.0. The minimum absolute atomic E-state index is 0.0529. The van der Waals surface area contributed by atoms with E-state index in [2.05, 4.69) is 0 Å². The van der Waals surface area contributed by atoms with E-state index in [9.17, 15) is 9.59 Å². The number of ether oxygens (including phenoxy) is 1. The smallest absolute Gasteiger partial charge is 0.374 e. The number of hydrogen-bond donors (Lipinski definition) is 0. The van der Waals surface area contributed by atoms with Crippen LogP contribution in [0.5, 0.6) is 0 Å². The van der Waals surface area contributed by atoms with Crippen LogP contribution in [0.15, 0.2) is 39.5 Å². The summed E-state index contributed by atoms with van der Waals surface area (Å²) < 4.78 is 11.9. The zero-order valence-electron chi connectivity index (χ0n) is 10.1. The van der Waals surface area contributed by atoms with E-state index in [0.29, 0.717) is 10.3 Å². The first-order valence-electron chi connectivity index (χ1n) is 5.83. The molecule has 0 aliphatic heterocycles. The molecule has 0 N–H and O–H groups in total. The molecule has 19 heavy (non-hydrogen) atoms. The molecule has 1 aromatic carbocycles. The Morgan fingerprint density at radius 3 is 2.95 bits per heavy atom. The molecule has 5 heteroatoms. The van der Waals surface area contributed by atoms with Crippen LogP contribution < -0.4 is 5.43 Å². The molecule has 4 nitrogen and oxygen atoms in total. The first-order chi connectivity index (χ1) is 9.20. The Morgan fingerprint density at radius 2 is 2.16 bits per heavy atom. The maximum atomic E-state index is 12.0. The van der Waals surface area contributed by atoms with Gasteiger partial charge in [-0.15, -0.1) is 11.3 Å². The average Bonchev–Trinajstić information content (AvgIpc) is 2.78. The summed E-state index contributed by atoms with van der Waals surface area (Å²) in [5.41, 5.74) is 0.238. The minimum Gasteiger partial charge on any atom is -0.460 e. The molecule has 3 rings (SSSR count). The molecule has 0 radical (unpaired) electrons. The summed E-state index contributed by atoms with van der Waals surface area (Å²) in [7, 11) is 0. The van der Waals surface area contributed by atoms with Crippen LogP contribution in [0, 0.1) is 0 Å². The van der Waals surface area contributed by atoms with Crippen LogP contribution in [-0.2, 0) is 4.74 Å². The highest BCUT2D eigenvalue weighted by Crippen LogP contribution is 2.32. The highest BCUT2D eigenvalue weighted by molar-refractivity contribution is 7.25. The molecular weight excluding hydrogens is 264 g/mol. The number of rotatable bonds is 2. The van der Waals surface area contributed by atoms with Crippen molar-refractivity contribution in [2.75, 3.05) is 6.61 Å². The Bertz CT molecular complexity index is 828. The Hall–Kier alpha value is -2.14. The molecule has 96 valence electrons. The van der Waals surface area contributed by atoms with E-state index in [1.54, 1.807) is 6.92 Å². The molecule has 2 aromatic heterocycles. The SMILES string of the molecule is CCOC(=O)c1cc(=O)c2sc3ccccc3c2o1. The van der Waals surface area contributed by atoms with E-state index >= 15 is 0 Å². The van der Waals surface area contributed by atoms with E-state index in [0.717, 1.165) is 10.1 Å². The van der Waals surface area contributed by atoms with Gasteiger partial charge in [-0.05, 0) is 19.1 Å². The lowest BCUT2D eigenvalue weighted by Gasteiger charge is -2.00. The second-order valence-corrected chi connectivity index (χ2v) is 5.00. The third-order valence-corrected chi connectivity index (χ3v) is 3.89. The number of thiophene rings is 1. The van der Waals surface area contributed by atoms with Crippen molar-refractivity contribution in [1.29, 1.82) is 0 Å². The predicted octanol–water partition coefficient (Wildman–Crippen LogP) is 3.18. The molecular formula is C14H10O4S. The monoisotopic (exact) mass is 274 g/mol. The van der Waals surface area contributed by atoms with Crippen molar-refractivity contribution in [3.8, 4) is 0 Å². The summed E-state index contributed by atoms with van der Waals surface area (Å²) >= 11 is 1.36. The van der Waals surface area contributed by atoms with Gasteiger partial charge in [0.2, 0.25) is 11.2 Å². The van der Waals surface area contributed by atoms with Crippen molar-refractivity contribution < 1.29 is 13.9 Å². The molecule has 0 unspecified atom stereocenters. The average molecular weight is 274 g/mol. The molecule has 0 aliphatic rings. The van der Waals surface area contributed by atoms with Crippen LogP contribution in [0.1, 0.15) is 17.5 Å². The first-order valence-corrected chi connectivity index (χ1v) is 6.65. The van der Waals surface area contributed by atoms with E-state index in [1.807, 2.05) is 24.3 Å².